The summed E-state index contributed by atoms with van der Waals surface area (Å²) < 4.78 is 2.45. The van der Waals surface area contributed by atoms with Crippen LogP contribution in [0.25, 0.3) is 5.65 Å². The number of benzene rings is 1. The van der Waals surface area contributed by atoms with Gasteiger partial charge in [-0.25, -0.2) is 9.78 Å². The molecule has 0 spiro atoms. The first-order chi connectivity index (χ1) is 9.65. The lowest BCUT2D eigenvalue weighted by Gasteiger charge is -2.08. The molecule has 20 heavy (non-hydrogen) atoms. The Morgan fingerprint density at radius 3 is 2.70 bits per heavy atom. The Morgan fingerprint density at radius 2 is 2.00 bits per heavy atom. The molecule has 0 aliphatic heterocycles. The Kier molecular flexibility index (Phi) is 3.11. The number of hydrogen-bond donors (Lipinski definition) is 2. The van der Waals surface area contributed by atoms with Crippen molar-refractivity contribution in [2.75, 3.05) is 5.32 Å². The predicted octanol–water partition coefficient (Wildman–Crippen LogP) is 2.93. The number of carbonyl (C=O) groups is 1. The van der Waals surface area contributed by atoms with E-state index in [0.29, 0.717) is 11.5 Å². The summed E-state index contributed by atoms with van der Waals surface area (Å²) in [5.41, 5.74) is 1.25. The Labute approximate surface area is 122 Å². The van der Waals surface area contributed by atoms with Gasteiger partial charge < -0.3 is 10.4 Å². The average Bonchev–Trinajstić information content (AvgIpc) is 2.86. The van der Waals surface area contributed by atoms with E-state index in [1.807, 2.05) is 24.3 Å². The molecule has 2 heterocycles. The lowest BCUT2D eigenvalue weighted by Crippen LogP contribution is -2.02. The summed E-state index contributed by atoms with van der Waals surface area (Å²) in [6.45, 7) is 0. The zero-order valence-corrected chi connectivity index (χ0v) is 11.7. The molecule has 0 radical (unpaired) electrons. The molecule has 3 rings (SSSR count). The molecule has 6 nitrogen and oxygen atoms in total. The van der Waals surface area contributed by atoms with Gasteiger partial charge in [-0.15, -0.1) is 0 Å². The number of carboxylic acid groups (broad SMARTS) is 1. The lowest BCUT2D eigenvalue weighted by molar-refractivity contribution is 0.0699. The van der Waals surface area contributed by atoms with Gasteiger partial charge in [0.1, 0.15) is 11.4 Å². The highest BCUT2D eigenvalue weighted by Crippen LogP contribution is 2.20. The summed E-state index contributed by atoms with van der Waals surface area (Å²) in [5.74, 6) is -0.405. The summed E-state index contributed by atoms with van der Waals surface area (Å²) >= 11 is 3.37. The monoisotopic (exact) mass is 332 g/mol. The topological polar surface area (TPSA) is 79.5 Å². The molecule has 0 atom stereocenters. The number of carboxylic acids is 1. The van der Waals surface area contributed by atoms with E-state index in [1.54, 1.807) is 12.3 Å². The first-order valence-corrected chi connectivity index (χ1v) is 6.53. The number of aromatic nitrogens is 3. The van der Waals surface area contributed by atoms with E-state index in [-0.39, 0.29) is 5.56 Å². The lowest BCUT2D eigenvalue weighted by atomic mass is 10.3. The average molecular weight is 333 g/mol. The van der Waals surface area contributed by atoms with E-state index in [2.05, 4.69) is 31.3 Å². The molecule has 0 aliphatic rings. The second-order valence-electron chi connectivity index (χ2n) is 4.06. The number of fused-ring (bicyclic) bond motifs is 1. The van der Waals surface area contributed by atoms with Gasteiger partial charge in [-0.05, 0) is 30.3 Å². The molecule has 0 fully saturated rings. The third-order valence-corrected chi connectivity index (χ3v) is 3.28. The predicted molar refractivity (Wildman–Crippen MR) is 77.4 cm³/mol. The number of halogens is 1. The number of nitrogens with zero attached hydrogens (tertiary/aromatic N) is 3. The van der Waals surface area contributed by atoms with Crippen LogP contribution in [-0.4, -0.2) is 25.7 Å². The Bertz CT molecular complexity index is 783. The molecule has 7 heteroatoms. The van der Waals surface area contributed by atoms with Gasteiger partial charge in [-0.1, -0.05) is 15.9 Å². The van der Waals surface area contributed by atoms with Gasteiger partial charge in [0.2, 0.25) is 0 Å². The quantitative estimate of drug-likeness (QED) is 0.770. The Morgan fingerprint density at radius 1 is 1.25 bits per heavy atom. The molecule has 1 aromatic carbocycles. The van der Waals surface area contributed by atoms with Crippen LogP contribution >= 0.6 is 15.9 Å². The number of nitrogens with one attached hydrogen (secondary N) is 1. The van der Waals surface area contributed by atoms with Crippen molar-refractivity contribution >= 4 is 39.1 Å². The summed E-state index contributed by atoms with van der Waals surface area (Å²) in [5, 5.41) is 16.3. The molecule has 0 saturated carbocycles. The summed E-state index contributed by atoms with van der Waals surface area (Å²) in [4.78, 5) is 15.1. The highest BCUT2D eigenvalue weighted by Gasteiger charge is 2.14. The number of anilines is 2. The highest BCUT2D eigenvalue weighted by atomic mass is 79.9. The van der Waals surface area contributed by atoms with Crippen LogP contribution in [-0.2, 0) is 0 Å². The fourth-order valence-corrected chi connectivity index (χ4v) is 2.08. The van der Waals surface area contributed by atoms with E-state index in [0.717, 1.165) is 10.2 Å². The van der Waals surface area contributed by atoms with Crippen LogP contribution in [0, 0.1) is 0 Å². The Balaban J connectivity index is 2.04. The minimum absolute atomic E-state index is 0.0736. The molecule has 3 aromatic rings. The highest BCUT2D eigenvalue weighted by molar-refractivity contribution is 9.10. The van der Waals surface area contributed by atoms with Gasteiger partial charge in [0.15, 0.2) is 5.65 Å². The van der Waals surface area contributed by atoms with Crippen molar-refractivity contribution in [3.8, 4) is 0 Å². The number of aromatic carboxylic acids is 1. The second-order valence-corrected chi connectivity index (χ2v) is 4.98. The van der Waals surface area contributed by atoms with Gasteiger partial charge in [-0.2, -0.15) is 9.61 Å². The van der Waals surface area contributed by atoms with Gasteiger partial charge in [0.05, 0.1) is 6.20 Å². The largest absolute Gasteiger partial charge is 0.477 e. The van der Waals surface area contributed by atoms with E-state index in [1.165, 1.54) is 10.7 Å². The van der Waals surface area contributed by atoms with Crippen LogP contribution in [0.1, 0.15) is 10.4 Å². The first kappa shape index (κ1) is 12.6. The maximum Gasteiger partial charge on any atom is 0.341 e. The van der Waals surface area contributed by atoms with E-state index < -0.39 is 5.97 Å². The SMILES string of the molecule is O=C(O)c1cnn2c(Nc3ccc(Br)cc3)ccnc12. The molecule has 100 valence electrons. The van der Waals surface area contributed by atoms with Gasteiger partial charge in [0.25, 0.3) is 0 Å². The van der Waals surface area contributed by atoms with Crippen LogP contribution in [0.15, 0.2) is 47.2 Å². The smallest absolute Gasteiger partial charge is 0.341 e. The van der Waals surface area contributed by atoms with Gasteiger partial charge in [0, 0.05) is 16.4 Å². The van der Waals surface area contributed by atoms with Crippen LogP contribution < -0.4 is 5.32 Å². The number of rotatable bonds is 3. The molecular formula is C13H9BrN4O2. The van der Waals surface area contributed by atoms with Crippen molar-refractivity contribution < 1.29 is 9.90 Å². The van der Waals surface area contributed by atoms with Gasteiger partial charge >= 0.3 is 5.97 Å². The summed E-state index contributed by atoms with van der Waals surface area (Å²) in [6, 6.07) is 9.35. The van der Waals surface area contributed by atoms with Gasteiger partial charge in [-0.3, -0.25) is 0 Å². The molecular weight excluding hydrogens is 324 g/mol. The van der Waals surface area contributed by atoms with Crippen molar-refractivity contribution in [3.63, 3.8) is 0 Å². The maximum atomic E-state index is 11.1. The minimum Gasteiger partial charge on any atom is -0.477 e. The molecule has 0 amide bonds. The molecule has 2 N–H and O–H groups in total. The van der Waals surface area contributed by atoms with Crippen LogP contribution in [0.4, 0.5) is 11.5 Å². The molecule has 2 aromatic heterocycles. The summed E-state index contributed by atoms with van der Waals surface area (Å²) in [6.07, 6.45) is 2.84. The first-order valence-electron chi connectivity index (χ1n) is 5.74. The van der Waals surface area contributed by atoms with Crippen molar-refractivity contribution in [3.05, 3.63) is 52.8 Å². The fraction of sp³-hybridized carbons (Fsp3) is 0. The standard InChI is InChI=1S/C13H9BrN4O2/c14-8-1-3-9(4-2-8)17-11-5-6-15-12-10(13(19)20)7-16-18(11)12/h1-7,17H,(H,19,20). The minimum atomic E-state index is -1.05. The van der Waals surface area contributed by atoms with E-state index in [4.69, 9.17) is 5.11 Å². The zero-order chi connectivity index (χ0) is 14.1. The van der Waals surface area contributed by atoms with Crippen molar-refractivity contribution in [1.82, 2.24) is 14.6 Å². The molecule has 0 saturated heterocycles. The normalized spacial score (nSPS) is 10.7. The van der Waals surface area contributed by atoms with E-state index >= 15 is 0 Å². The maximum absolute atomic E-state index is 11.1. The van der Waals surface area contributed by atoms with Crippen LogP contribution in [0.2, 0.25) is 0 Å². The van der Waals surface area contributed by atoms with Crippen molar-refractivity contribution in [2.45, 2.75) is 0 Å². The van der Waals surface area contributed by atoms with E-state index in [9.17, 15) is 4.79 Å². The van der Waals surface area contributed by atoms with Crippen LogP contribution in [0.3, 0.4) is 0 Å². The number of hydrogen-bond acceptors (Lipinski definition) is 4. The second kappa shape index (κ2) is 4.93. The van der Waals surface area contributed by atoms with Crippen LogP contribution in [0.5, 0.6) is 0 Å². The fourth-order valence-electron chi connectivity index (χ4n) is 1.82. The zero-order valence-electron chi connectivity index (χ0n) is 10.1. The molecule has 0 bridgehead atoms. The van der Waals surface area contributed by atoms with Crippen molar-refractivity contribution in [1.29, 1.82) is 0 Å². The Hall–Kier alpha value is -2.41. The van der Waals surface area contributed by atoms with Crippen molar-refractivity contribution in [2.24, 2.45) is 0 Å². The molecule has 0 aliphatic carbocycles. The summed E-state index contributed by atoms with van der Waals surface area (Å²) in [7, 11) is 0. The molecule has 0 unspecified atom stereocenters. The third-order valence-electron chi connectivity index (χ3n) is 2.75. The third kappa shape index (κ3) is 2.23.